The van der Waals surface area contributed by atoms with E-state index >= 15 is 0 Å². The van der Waals surface area contributed by atoms with Crippen molar-refractivity contribution in [1.82, 2.24) is 10.3 Å². The molecule has 0 radical (unpaired) electrons. The summed E-state index contributed by atoms with van der Waals surface area (Å²) >= 11 is 6.06. The molecule has 1 amide bonds. The monoisotopic (exact) mass is 479 g/mol. The lowest BCUT2D eigenvalue weighted by atomic mass is 9.67. The second kappa shape index (κ2) is 8.52. The molecule has 0 atom stereocenters. The van der Waals surface area contributed by atoms with Crippen molar-refractivity contribution in [3.63, 3.8) is 0 Å². The van der Waals surface area contributed by atoms with E-state index in [4.69, 9.17) is 16.0 Å². The number of hydrogen-bond donors (Lipinski definition) is 1. The second-order valence-corrected chi connectivity index (χ2v) is 12.5. The summed E-state index contributed by atoms with van der Waals surface area (Å²) in [6.07, 6.45) is 7.37. The number of benzene rings is 1. The Bertz CT molecular complexity index is 1080. The van der Waals surface area contributed by atoms with E-state index in [9.17, 15) is 13.2 Å². The van der Waals surface area contributed by atoms with Gasteiger partial charge in [-0.1, -0.05) is 11.6 Å². The fraction of sp³-hybridized carbons (Fsp3) is 0.652. The number of carbonyl (C=O) groups excluding carboxylic acids is 1. The number of amides is 1. The molecule has 5 rings (SSSR count). The number of nitrogens with zero attached hydrogens (tertiary/aromatic N) is 2. The van der Waals surface area contributed by atoms with Crippen LogP contribution in [-0.2, 0) is 14.6 Å². The molecule has 1 aromatic carbocycles. The Morgan fingerprint density at radius 2 is 1.78 bits per heavy atom. The van der Waals surface area contributed by atoms with Gasteiger partial charge in [0.25, 0.3) is 6.01 Å². The summed E-state index contributed by atoms with van der Waals surface area (Å²) in [5, 5.41) is 3.86. The Labute approximate surface area is 193 Å². The van der Waals surface area contributed by atoms with E-state index in [-0.39, 0.29) is 29.4 Å². The van der Waals surface area contributed by atoms with Crippen LogP contribution in [0.4, 0.5) is 6.01 Å². The van der Waals surface area contributed by atoms with Crippen LogP contribution in [0.5, 0.6) is 0 Å². The molecule has 7 nitrogen and oxygen atoms in total. The van der Waals surface area contributed by atoms with Gasteiger partial charge >= 0.3 is 0 Å². The highest BCUT2D eigenvalue weighted by atomic mass is 35.5. The molecular weight excluding hydrogens is 450 g/mol. The Hall–Kier alpha value is -1.80. The molecular formula is C23H30ClN3O4S. The van der Waals surface area contributed by atoms with Gasteiger partial charge in [0.15, 0.2) is 5.58 Å². The minimum Gasteiger partial charge on any atom is -0.423 e. The lowest BCUT2D eigenvalue weighted by molar-refractivity contribution is -0.126. The smallest absolute Gasteiger partial charge is 0.298 e. The van der Waals surface area contributed by atoms with Gasteiger partial charge in [0, 0.05) is 36.1 Å². The van der Waals surface area contributed by atoms with Crippen molar-refractivity contribution in [2.45, 2.75) is 57.4 Å². The quantitative estimate of drug-likeness (QED) is 0.716. The van der Waals surface area contributed by atoms with Crippen molar-refractivity contribution in [2.24, 2.45) is 11.3 Å². The van der Waals surface area contributed by atoms with E-state index in [1.54, 1.807) is 6.07 Å². The largest absolute Gasteiger partial charge is 0.423 e. The average Bonchev–Trinajstić information content (AvgIpc) is 3.19. The number of hydrogen-bond acceptors (Lipinski definition) is 6. The van der Waals surface area contributed by atoms with Crippen molar-refractivity contribution in [1.29, 1.82) is 0 Å². The summed E-state index contributed by atoms with van der Waals surface area (Å²) in [5.74, 6) is 0.181. The van der Waals surface area contributed by atoms with Gasteiger partial charge in [-0.3, -0.25) is 4.79 Å². The average molecular weight is 480 g/mol. The molecule has 1 saturated carbocycles. The molecule has 1 aromatic heterocycles. The lowest BCUT2D eigenvalue weighted by Gasteiger charge is -2.45. The van der Waals surface area contributed by atoms with Crippen LogP contribution in [-0.4, -0.2) is 49.9 Å². The molecule has 2 aromatic rings. The number of sulfone groups is 1. The van der Waals surface area contributed by atoms with Crippen LogP contribution in [0.1, 0.15) is 51.4 Å². The molecule has 9 heteroatoms. The van der Waals surface area contributed by atoms with E-state index in [0.29, 0.717) is 29.3 Å². The van der Waals surface area contributed by atoms with E-state index in [1.165, 1.54) is 0 Å². The minimum absolute atomic E-state index is 0.0479. The fourth-order valence-electron chi connectivity index (χ4n) is 5.54. The highest BCUT2D eigenvalue weighted by Gasteiger charge is 2.39. The molecule has 32 heavy (non-hydrogen) atoms. The third-order valence-corrected chi connectivity index (χ3v) is 9.70. The first-order valence-corrected chi connectivity index (χ1v) is 13.8. The maximum atomic E-state index is 12.6. The maximum Gasteiger partial charge on any atom is 0.298 e. The number of oxazole rings is 1. The van der Waals surface area contributed by atoms with Crippen molar-refractivity contribution < 1.29 is 17.6 Å². The van der Waals surface area contributed by atoms with Crippen LogP contribution < -0.4 is 10.2 Å². The fourth-order valence-corrected chi connectivity index (χ4v) is 7.19. The van der Waals surface area contributed by atoms with Crippen LogP contribution in [0.2, 0.25) is 5.02 Å². The second-order valence-electron chi connectivity index (χ2n) is 9.80. The Kier molecular flexibility index (Phi) is 5.86. The van der Waals surface area contributed by atoms with Crippen molar-refractivity contribution in [2.75, 3.05) is 29.5 Å². The van der Waals surface area contributed by atoms with E-state index in [2.05, 4.69) is 15.2 Å². The van der Waals surface area contributed by atoms with Crippen molar-refractivity contribution in [3.8, 4) is 0 Å². The number of piperidine rings is 1. The molecule has 0 unspecified atom stereocenters. The first kappa shape index (κ1) is 22.0. The first-order valence-electron chi connectivity index (χ1n) is 11.6. The van der Waals surface area contributed by atoms with Gasteiger partial charge in [-0.15, -0.1) is 0 Å². The zero-order valence-corrected chi connectivity index (χ0v) is 19.8. The molecule has 3 aliphatic rings. The van der Waals surface area contributed by atoms with Crippen LogP contribution in [0.3, 0.4) is 0 Å². The predicted molar refractivity (Wildman–Crippen MR) is 125 cm³/mol. The lowest BCUT2D eigenvalue weighted by Crippen LogP contribution is -2.47. The molecule has 1 spiro atoms. The van der Waals surface area contributed by atoms with Crippen LogP contribution >= 0.6 is 11.6 Å². The minimum atomic E-state index is -2.94. The van der Waals surface area contributed by atoms with Gasteiger partial charge in [0.1, 0.15) is 15.4 Å². The highest BCUT2D eigenvalue weighted by molar-refractivity contribution is 7.91. The number of anilines is 1. The SMILES string of the molecule is O=C(NC1CCC2(CC1)CCN(c1nc3ccc(Cl)cc3o1)CC2)C1CCS(=O)(=O)CC1. The van der Waals surface area contributed by atoms with Gasteiger partial charge in [-0.25, -0.2) is 8.42 Å². The Balaban J connectivity index is 1.12. The highest BCUT2D eigenvalue weighted by Crippen LogP contribution is 2.45. The maximum absolute atomic E-state index is 12.6. The number of carbonyl (C=O) groups is 1. The number of rotatable bonds is 3. The number of nitrogens with one attached hydrogen (secondary N) is 1. The summed E-state index contributed by atoms with van der Waals surface area (Å²) in [5.41, 5.74) is 1.89. The number of halogens is 1. The van der Waals surface area contributed by atoms with Gasteiger partial charge in [-0.2, -0.15) is 4.98 Å². The Morgan fingerprint density at radius 1 is 1.09 bits per heavy atom. The molecule has 1 aliphatic carbocycles. The molecule has 174 valence electrons. The number of fused-ring (bicyclic) bond motifs is 1. The van der Waals surface area contributed by atoms with E-state index in [0.717, 1.165) is 62.7 Å². The normalized spacial score (nSPS) is 24.1. The molecule has 2 saturated heterocycles. The predicted octanol–water partition coefficient (Wildman–Crippen LogP) is 3.95. The molecule has 1 N–H and O–H groups in total. The van der Waals surface area contributed by atoms with Gasteiger partial charge < -0.3 is 14.6 Å². The zero-order valence-electron chi connectivity index (χ0n) is 18.2. The summed E-state index contributed by atoms with van der Waals surface area (Å²) in [6.45, 7) is 1.85. The first-order chi connectivity index (χ1) is 15.3. The van der Waals surface area contributed by atoms with Crippen LogP contribution in [0.15, 0.2) is 22.6 Å². The van der Waals surface area contributed by atoms with Gasteiger partial charge in [0.2, 0.25) is 5.91 Å². The molecule has 3 fully saturated rings. The molecule has 0 bridgehead atoms. The summed E-state index contributed by atoms with van der Waals surface area (Å²) in [6, 6.07) is 6.41. The van der Waals surface area contributed by atoms with Gasteiger partial charge in [-0.05, 0) is 68.9 Å². The molecule has 3 heterocycles. The summed E-state index contributed by atoms with van der Waals surface area (Å²) in [7, 11) is -2.94. The summed E-state index contributed by atoms with van der Waals surface area (Å²) in [4.78, 5) is 19.5. The van der Waals surface area contributed by atoms with Crippen LogP contribution in [0, 0.1) is 11.3 Å². The van der Waals surface area contributed by atoms with Crippen molar-refractivity contribution in [3.05, 3.63) is 23.2 Å². The third-order valence-electron chi connectivity index (χ3n) is 7.75. The Morgan fingerprint density at radius 3 is 2.47 bits per heavy atom. The van der Waals surface area contributed by atoms with E-state index in [1.807, 2.05) is 12.1 Å². The standard InChI is InChI=1S/C23H30ClN3O4S/c24-17-1-2-19-20(15-17)31-22(26-19)27-11-9-23(10-12-27)7-3-18(4-8-23)25-21(28)16-5-13-32(29,30)14-6-16/h1-2,15-16,18H,3-14H2,(H,25,28). The summed E-state index contributed by atoms with van der Waals surface area (Å²) < 4.78 is 29.1. The van der Waals surface area contributed by atoms with Crippen LogP contribution in [0.25, 0.3) is 11.1 Å². The zero-order chi connectivity index (χ0) is 22.3. The topological polar surface area (TPSA) is 92.5 Å². The van der Waals surface area contributed by atoms with E-state index < -0.39 is 9.84 Å². The van der Waals surface area contributed by atoms with Gasteiger partial charge in [0.05, 0.1) is 11.5 Å². The number of aromatic nitrogens is 1. The third kappa shape index (κ3) is 4.62. The molecule has 2 aliphatic heterocycles. The van der Waals surface area contributed by atoms with Crippen molar-refractivity contribution >= 4 is 44.5 Å².